The number of piperazine rings is 1. The van der Waals surface area contributed by atoms with Crippen LogP contribution in [-0.2, 0) is 4.79 Å². The number of carbonyl (C=O) groups is 1. The van der Waals surface area contributed by atoms with Gasteiger partial charge in [-0.05, 0) is 6.26 Å². The van der Waals surface area contributed by atoms with Crippen LogP contribution in [0.3, 0.4) is 0 Å². The monoisotopic (exact) mass is 280 g/mol. The summed E-state index contributed by atoms with van der Waals surface area (Å²) in [5.74, 6) is 1.70. The first-order valence-corrected chi connectivity index (χ1v) is 7.44. The van der Waals surface area contributed by atoms with Crippen LogP contribution in [0.5, 0.6) is 0 Å². The van der Waals surface area contributed by atoms with Crippen molar-refractivity contribution in [1.82, 2.24) is 9.88 Å². The van der Waals surface area contributed by atoms with Gasteiger partial charge in [0.2, 0.25) is 17.5 Å². The van der Waals surface area contributed by atoms with E-state index in [4.69, 9.17) is 9.68 Å². The number of hydrogen-bond donors (Lipinski definition) is 0. The fourth-order valence-corrected chi connectivity index (χ4v) is 2.51. The highest BCUT2D eigenvalue weighted by atomic mass is 32.2. The molecule has 102 valence electrons. The van der Waals surface area contributed by atoms with E-state index in [0.29, 0.717) is 49.4 Å². The number of nitriles is 1. The van der Waals surface area contributed by atoms with Gasteiger partial charge in [-0.1, -0.05) is 0 Å². The molecule has 0 radical (unpaired) electrons. The number of oxazole rings is 1. The van der Waals surface area contributed by atoms with Crippen LogP contribution >= 0.6 is 11.8 Å². The van der Waals surface area contributed by atoms with E-state index in [1.165, 1.54) is 11.8 Å². The third-order valence-electron chi connectivity index (χ3n) is 3.01. The van der Waals surface area contributed by atoms with Gasteiger partial charge in [-0.25, -0.2) is 4.98 Å². The molecule has 1 aliphatic heterocycles. The summed E-state index contributed by atoms with van der Waals surface area (Å²) in [4.78, 5) is 19.6. The predicted octanol–water partition coefficient (Wildman–Crippen LogP) is 0.866. The molecule has 2 heterocycles. The molecule has 0 N–H and O–H groups in total. The molecule has 7 heteroatoms. The van der Waals surface area contributed by atoms with E-state index in [0.717, 1.165) is 0 Å². The van der Waals surface area contributed by atoms with Gasteiger partial charge in [0.25, 0.3) is 0 Å². The summed E-state index contributed by atoms with van der Waals surface area (Å²) in [5.41, 5.74) is 0.321. The number of thioether (sulfide) groups is 1. The SMILES string of the molecule is CSCC(=O)N1CCN(c2oc(C)nc2C#N)CC1. The number of carbonyl (C=O) groups excluding carboxylic acids is 1. The second kappa shape index (κ2) is 5.97. The first-order valence-electron chi connectivity index (χ1n) is 6.05. The molecule has 0 aliphatic carbocycles. The summed E-state index contributed by atoms with van der Waals surface area (Å²) in [6.45, 7) is 4.38. The van der Waals surface area contributed by atoms with Crippen molar-refractivity contribution in [2.24, 2.45) is 0 Å². The molecule has 1 fully saturated rings. The number of anilines is 1. The molecule has 0 aromatic carbocycles. The van der Waals surface area contributed by atoms with Gasteiger partial charge in [0, 0.05) is 33.1 Å². The van der Waals surface area contributed by atoms with E-state index >= 15 is 0 Å². The lowest BCUT2D eigenvalue weighted by atomic mass is 10.3. The van der Waals surface area contributed by atoms with E-state index in [9.17, 15) is 4.79 Å². The highest BCUT2D eigenvalue weighted by Gasteiger charge is 2.25. The fourth-order valence-electron chi connectivity index (χ4n) is 2.08. The Hall–Kier alpha value is -1.68. The van der Waals surface area contributed by atoms with Gasteiger partial charge in [0.1, 0.15) is 6.07 Å². The molecular formula is C12H16N4O2S. The normalized spacial score (nSPS) is 15.4. The summed E-state index contributed by atoms with van der Waals surface area (Å²) >= 11 is 1.53. The van der Waals surface area contributed by atoms with Crippen molar-refractivity contribution in [3.05, 3.63) is 11.6 Å². The van der Waals surface area contributed by atoms with Crippen LogP contribution in [-0.4, -0.2) is 54.0 Å². The maximum atomic E-state index is 11.8. The van der Waals surface area contributed by atoms with E-state index in [2.05, 4.69) is 4.98 Å². The van der Waals surface area contributed by atoms with Crippen molar-refractivity contribution in [2.45, 2.75) is 6.92 Å². The number of nitrogens with zero attached hydrogens (tertiary/aromatic N) is 4. The van der Waals surface area contributed by atoms with Crippen LogP contribution in [0.15, 0.2) is 4.42 Å². The highest BCUT2D eigenvalue weighted by molar-refractivity contribution is 7.99. The average Bonchev–Trinajstić information content (AvgIpc) is 2.80. The molecule has 0 unspecified atom stereocenters. The zero-order chi connectivity index (χ0) is 13.8. The maximum Gasteiger partial charge on any atom is 0.234 e. The van der Waals surface area contributed by atoms with E-state index in [1.54, 1.807) is 6.92 Å². The Morgan fingerprint density at radius 2 is 2.16 bits per heavy atom. The van der Waals surface area contributed by atoms with Crippen LogP contribution in [0, 0.1) is 18.3 Å². The molecule has 1 amide bonds. The molecule has 1 aromatic heterocycles. The smallest absolute Gasteiger partial charge is 0.234 e. The van der Waals surface area contributed by atoms with Crippen molar-refractivity contribution in [1.29, 1.82) is 5.26 Å². The molecule has 1 aliphatic rings. The zero-order valence-corrected chi connectivity index (χ0v) is 11.9. The van der Waals surface area contributed by atoms with Crippen LogP contribution in [0.2, 0.25) is 0 Å². The first-order chi connectivity index (χ1) is 9.15. The highest BCUT2D eigenvalue weighted by Crippen LogP contribution is 2.22. The Bertz CT molecular complexity index is 500. The second-order valence-electron chi connectivity index (χ2n) is 4.30. The van der Waals surface area contributed by atoms with Gasteiger partial charge in [-0.15, -0.1) is 0 Å². The van der Waals surface area contributed by atoms with Crippen molar-refractivity contribution >= 4 is 23.6 Å². The molecule has 2 rings (SSSR count). The molecule has 0 bridgehead atoms. The van der Waals surface area contributed by atoms with Gasteiger partial charge in [0.15, 0.2) is 5.89 Å². The minimum Gasteiger partial charge on any atom is -0.424 e. The molecule has 0 atom stereocenters. The Morgan fingerprint density at radius 1 is 1.47 bits per heavy atom. The third kappa shape index (κ3) is 3.01. The van der Waals surface area contributed by atoms with Gasteiger partial charge in [-0.2, -0.15) is 17.0 Å². The number of amides is 1. The number of aromatic nitrogens is 1. The topological polar surface area (TPSA) is 73.4 Å². The third-order valence-corrected chi connectivity index (χ3v) is 3.55. The average molecular weight is 280 g/mol. The minimum atomic E-state index is 0.168. The molecular weight excluding hydrogens is 264 g/mol. The quantitative estimate of drug-likeness (QED) is 0.818. The lowest BCUT2D eigenvalue weighted by Gasteiger charge is -2.34. The van der Waals surface area contributed by atoms with Crippen LogP contribution in [0.25, 0.3) is 0 Å². The lowest BCUT2D eigenvalue weighted by Crippen LogP contribution is -2.49. The van der Waals surface area contributed by atoms with Gasteiger partial charge in [-0.3, -0.25) is 4.79 Å². The van der Waals surface area contributed by atoms with Crippen LogP contribution < -0.4 is 4.90 Å². The molecule has 1 aromatic rings. The standard InChI is InChI=1S/C12H16N4O2S/c1-9-14-10(7-13)12(18-9)16-5-3-15(4-6-16)11(17)8-19-2/h3-6,8H2,1-2H3. The van der Waals surface area contributed by atoms with Crippen molar-refractivity contribution in [3.63, 3.8) is 0 Å². The Balaban J connectivity index is 2.00. The van der Waals surface area contributed by atoms with Crippen molar-refractivity contribution in [2.75, 3.05) is 43.1 Å². The number of rotatable bonds is 3. The molecule has 0 saturated carbocycles. The summed E-state index contributed by atoms with van der Waals surface area (Å²) < 4.78 is 5.47. The summed E-state index contributed by atoms with van der Waals surface area (Å²) in [5, 5.41) is 9.01. The predicted molar refractivity (Wildman–Crippen MR) is 73.1 cm³/mol. The molecule has 6 nitrogen and oxygen atoms in total. The Morgan fingerprint density at radius 3 is 2.74 bits per heavy atom. The van der Waals surface area contributed by atoms with Crippen LogP contribution in [0.4, 0.5) is 5.88 Å². The second-order valence-corrected chi connectivity index (χ2v) is 5.17. The fraction of sp³-hybridized carbons (Fsp3) is 0.583. The number of hydrogen-bond acceptors (Lipinski definition) is 6. The molecule has 1 saturated heterocycles. The van der Waals surface area contributed by atoms with E-state index < -0.39 is 0 Å². The molecule has 19 heavy (non-hydrogen) atoms. The summed E-state index contributed by atoms with van der Waals surface area (Å²) in [7, 11) is 0. The molecule has 0 spiro atoms. The van der Waals surface area contributed by atoms with Gasteiger partial charge < -0.3 is 14.2 Å². The number of aryl methyl sites for hydroxylation is 1. The largest absolute Gasteiger partial charge is 0.424 e. The Kier molecular flexibility index (Phi) is 4.32. The van der Waals surface area contributed by atoms with Gasteiger partial charge in [0.05, 0.1) is 5.75 Å². The van der Waals surface area contributed by atoms with Gasteiger partial charge >= 0.3 is 0 Å². The Labute approximate surface area is 116 Å². The lowest BCUT2D eigenvalue weighted by molar-refractivity contribution is -0.128. The van der Waals surface area contributed by atoms with E-state index in [1.807, 2.05) is 22.1 Å². The summed E-state index contributed by atoms with van der Waals surface area (Å²) in [6.07, 6.45) is 1.92. The minimum absolute atomic E-state index is 0.168. The van der Waals surface area contributed by atoms with E-state index in [-0.39, 0.29) is 5.91 Å². The van der Waals surface area contributed by atoms with Crippen molar-refractivity contribution < 1.29 is 9.21 Å². The van der Waals surface area contributed by atoms with Crippen LogP contribution in [0.1, 0.15) is 11.6 Å². The summed E-state index contributed by atoms with van der Waals surface area (Å²) in [6, 6.07) is 2.04. The van der Waals surface area contributed by atoms with Crippen molar-refractivity contribution in [3.8, 4) is 6.07 Å². The zero-order valence-electron chi connectivity index (χ0n) is 11.0. The maximum absolute atomic E-state index is 11.8. The first kappa shape index (κ1) is 13.7.